The summed E-state index contributed by atoms with van der Waals surface area (Å²) in [7, 11) is 3.49. The summed E-state index contributed by atoms with van der Waals surface area (Å²) in [5.74, 6) is 1.50. The molecule has 0 radical (unpaired) electrons. The number of amides is 1. The van der Waals surface area contributed by atoms with Crippen LogP contribution in [0.3, 0.4) is 0 Å². The molecule has 1 N–H and O–H groups in total. The molecule has 0 saturated heterocycles. The van der Waals surface area contributed by atoms with Gasteiger partial charge in [-0.25, -0.2) is 0 Å². The number of anilines is 1. The Labute approximate surface area is 143 Å². The third kappa shape index (κ3) is 5.93. The average Bonchev–Trinajstić information content (AvgIpc) is 2.55. The van der Waals surface area contributed by atoms with Gasteiger partial charge < -0.3 is 14.8 Å². The SMILES string of the molecule is COc1cccc(NC(=O)CN(C)CCOc2cccc(C)c2)c1. The van der Waals surface area contributed by atoms with E-state index in [0.29, 0.717) is 25.4 Å². The number of hydrogen-bond acceptors (Lipinski definition) is 4. The molecule has 0 heterocycles. The van der Waals surface area contributed by atoms with Gasteiger partial charge in [-0.1, -0.05) is 18.2 Å². The summed E-state index contributed by atoms with van der Waals surface area (Å²) in [6.45, 7) is 3.53. The van der Waals surface area contributed by atoms with Crippen molar-refractivity contribution in [2.45, 2.75) is 6.92 Å². The molecule has 0 bridgehead atoms. The molecule has 0 atom stereocenters. The Hall–Kier alpha value is -2.53. The first-order chi connectivity index (χ1) is 11.6. The second-order valence-corrected chi connectivity index (χ2v) is 5.68. The van der Waals surface area contributed by atoms with Crippen molar-refractivity contribution in [2.75, 3.05) is 39.2 Å². The first-order valence-corrected chi connectivity index (χ1v) is 7.89. The molecule has 1 amide bonds. The third-order valence-corrected chi connectivity index (χ3v) is 3.50. The zero-order valence-corrected chi connectivity index (χ0v) is 14.4. The first kappa shape index (κ1) is 17.8. The second kappa shape index (κ2) is 8.93. The van der Waals surface area contributed by atoms with Crippen LogP contribution in [0.25, 0.3) is 0 Å². The Morgan fingerprint density at radius 1 is 1.12 bits per heavy atom. The van der Waals surface area contributed by atoms with Crippen LogP contribution >= 0.6 is 0 Å². The Bertz CT molecular complexity index is 673. The molecule has 5 nitrogen and oxygen atoms in total. The minimum Gasteiger partial charge on any atom is -0.497 e. The summed E-state index contributed by atoms with van der Waals surface area (Å²) in [5.41, 5.74) is 1.89. The van der Waals surface area contributed by atoms with Crippen LogP contribution < -0.4 is 14.8 Å². The third-order valence-electron chi connectivity index (χ3n) is 3.50. The zero-order valence-electron chi connectivity index (χ0n) is 14.4. The monoisotopic (exact) mass is 328 g/mol. The number of ether oxygens (including phenoxy) is 2. The number of likely N-dealkylation sites (N-methyl/N-ethyl adjacent to an activating group) is 1. The van der Waals surface area contributed by atoms with Gasteiger partial charge in [0.1, 0.15) is 18.1 Å². The standard InChI is InChI=1S/C19H24N2O3/c1-15-6-4-9-18(12-15)24-11-10-21(2)14-19(22)20-16-7-5-8-17(13-16)23-3/h4-9,12-13H,10-11,14H2,1-3H3,(H,20,22). The summed E-state index contributed by atoms with van der Waals surface area (Å²) < 4.78 is 10.8. The van der Waals surface area contributed by atoms with Crippen molar-refractivity contribution in [1.29, 1.82) is 0 Å². The van der Waals surface area contributed by atoms with E-state index in [-0.39, 0.29) is 5.91 Å². The van der Waals surface area contributed by atoms with E-state index in [1.165, 1.54) is 5.56 Å². The minimum atomic E-state index is -0.0682. The van der Waals surface area contributed by atoms with Gasteiger partial charge in [0.05, 0.1) is 13.7 Å². The Morgan fingerprint density at radius 2 is 1.88 bits per heavy atom. The molecule has 5 heteroatoms. The lowest BCUT2D eigenvalue weighted by Crippen LogP contribution is -2.33. The fourth-order valence-corrected chi connectivity index (χ4v) is 2.25. The maximum Gasteiger partial charge on any atom is 0.238 e. The van der Waals surface area contributed by atoms with Crippen LogP contribution in [0.15, 0.2) is 48.5 Å². The van der Waals surface area contributed by atoms with E-state index in [0.717, 1.165) is 11.4 Å². The predicted molar refractivity (Wildman–Crippen MR) is 95.8 cm³/mol. The second-order valence-electron chi connectivity index (χ2n) is 5.68. The lowest BCUT2D eigenvalue weighted by atomic mass is 10.2. The van der Waals surface area contributed by atoms with Crippen LogP contribution in [0.4, 0.5) is 5.69 Å². The summed E-state index contributed by atoms with van der Waals surface area (Å²) in [6.07, 6.45) is 0. The van der Waals surface area contributed by atoms with Gasteiger partial charge >= 0.3 is 0 Å². The zero-order chi connectivity index (χ0) is 17.4. The van der Waals surface area contributed by atoms with Crippen molar-refractivity contribution >= 4 is 11.6 Å². The molecular weight excluding hydrogens is 304 g/mol. The van der Waals surface area contributed by atoms with Crippen LogP contribution in [0, 0.1) is 6.92 Å². The molecule has 0 aliphatic rings. The Kier molecular flexibility index (Phi) is 6.63. The van der Waals surface area contributed by atoms with Crippen molar-refractivity contribution in [3.63, 3.8) is 0 Å². The van der Waals surface area contributed by atoms with E-state index >= 15 is 0 Å². The number of hydrogen-bond donors (Lipinski definition) is 1. The minimum absolute atomic E-state index is 0.0682. The normalized spacial score (nSPS) is 10.5. The number of aryl methyl sites for hydroxylation is 1. The van der Waals surface area contributed by atoms with Gasteiger partial charge in [0.2, 0.25) is 5.91 Å². The molecule has 0 aromatic heterocycles. The van der Waals surface area contributed by atoms with Gasteiger partial charge in [-0.3, -0.25) is 9.69 Å². The highest BCUT2D eigenvalue weighted by atomic mass is 16.5. The van der Waals surface area contributed by atoms with Gasteiger partial charge in [0, 0.05) is 18.3 Å². The number of nitrogens with zero attached hydrogens (tertiary/aromatic N) is 1. The molecule has 2 rings (SSSR count). The number of carbonyl (C=O) groups is 1. The van der Waals surface area contributed by atoms with Crippen molar-refractivity contribution < 1.29 is 14.3 Å². The maximum absolute atomic E-state index is 12.1. The van der Waals surface area contributed by atoms with Crippen molar-refractivity contribution in [1.82, 2.24) is 4.90 Å². The van der Waals surface area contributed by atoms with E-state index in [1.54, 1.807) is 13.2 Å². The number of methoxy groups -OCH3 is 1. The molecule has 0 saturated carbocycles. The quantitative estimate of drug-likeness (QED) is 0.809. The molecule has 0 aliphatic carbocycles. The van der Waals surface area contributed by atoms with E-state index < -0.39 is 0 Å². The Morgan fingerprint density at radius 3 is 2.62 bits per heavy atom. The largest absolute Gasteiger partial charge is 0.497 e. The fourth-order valence-electron chi connectivity index (χ4n) is 2.25. The molecule has 128 valence electrons. The molecule has 0 spiro atoms. The molecule has 2 aromatic rings. The van der Waals surface area contributed by atoms with Gasteiger partial charge in [-0.2, -0.15) is 0 Å². The number of carbonyl (C=O) groups excluding carboxylic acids is 1. The summed E-state index contributed by atoms with van der Waals surface area (Å²) >= 11 is 0. The summed E-state index contributed by atoms with van der Waals surface area (Å²) in [5, 5.41) is 2.86. The van der Waals surface area contributed by atoms with Crippen LogP contribution in [0.1, 0.15) is 5.56 Å². The lowest BCUT2D eigenvalue weighted by molar-refractivity contribution is -0.117. The van der Waals surface area contributed by atoms with Crippen molar-refractivity contribution in [2.24, 2.45) is 0 Å². The van der Waals surface area contributed by atoms with E-state index in [4.69, 9.17) is 9.47 Å². The van der Waals surface area contributed by atoms with Crippen molar-refractivity contribution in [3.8, 4) is 11.5 Å². The Balaban J connectivity index is 1.73. The topological polar surface area (TPSA) is 50.8 Å². The van der Waals surface area contributed by atoms with Gasteiger partial charge in [0.15, 0.2) is 0 Å². The highest BCUT2D eigenvalue weighted by Gasteiger charge is 2.07. The summed E-state index contributed by atoms with van der Waals surface area (Å²) in [4.78, 5) is 14.0. The number of nitrogens with one attached hydrogen (secondary N) is 1. The molecule has 2 aromatic carbocycles. The molecule has 24 heavy (non-hydrogen) atoms. The molecule has 0 unspecified atom stereocenters. The van der Waals surface area contributed by atoms with Crippen LogP contribution in [0.2, 0.25) is 0 Å². The first-order valence-electron chi connectivity index (χ1n) is 7.89. The van der Waals surface area contributed by atoms with E-state index in [1.807, 2.05) is 61.3 Å². The van der Waals surface area contributed by atoms with Crippen LogP contribution in [-0.2, 0) is 4.79 Å². The smallest absolute Gasteiger partial charge is 0.238 e. The van der Waals surface area contributed by atoms with Gasteiger partial charge in [-0.05, 0) is 43.8 Å². The molecule has 0 fully saturated rings. The fraction of sp³-hybridized carbons (Fsp3) is 0.316. The maximum atomic E-state index is 12.1. The summed E-state index contributed by atoms with van der Waals surface area (Å²) in [6, 6.07) is 15.2. The highest BCUT2D eigenvalue weighted by molar-refractivity contribution is 5.92. The number of rotatable bonds is 8. The molecular formula is C19H24N2O3. The van der Waals surface area contributed by atoms with E-state index in [9.17, 15) is 4.79 Å². The number of benzene rings is 2. The molecule has 0 aliphatic heterocycles. The van der Waals surface area contributed by atoms with Crippen LogP contribution in [0.5, 0.6) is 11.5 Å². The van der Waals surface area contributed by atoms with E-state index in [2.05, 4.69) is 5.32 Å². The van der Waals surface area contributed by atoms with Gasteiger partial charge in [-0.15, -0.1) is 0 Å². The predicted octanol–water partition coefficient (Wildman–Crippen LogP) is 2.95. The van der Waals surface area contributed by atoms with Crippen molar-refractivity contribution in [3.05, 3.63) is 54.1 Å². The van der Waals surface area contributed by atoms with Gasteiger partial charge in [0.25, 0.3) is 0 Å². The average molecular weight is 328 g/mol. The van der Waals surface area contributed by atoms with Crippen LogP contribution in [-0.4, -0.2) is 44.7 Å². The lowest BCUT2D eigenvalue weighted by Gasteiger charge is -2.17. The highest BCUT2D eigenvalue weighted by Crippen LogP contribution is 2.16.